The van der Waals surface area contributed by atoms with Crippen molar-refractivity contribution in [1.29, 1.82) is 0 Å². The Labute approximate surface area is 120 Å². The molecular formula is C13H26O6Si. The largest absolute Gasteiger partial charge is 0.479 e. The Balaban J connectivity index is 5.70. The van der Waals surface area contributed by atoms with Gasteiger partial charge in [-0.3, -0.25) is 0 Å². The summed E-state index contributed by atoms with van der Waals surface area (Å²) in [6, 6.07) is 0. The lowest BCUT2D eigenvalue weighted by Crippen LogP contribution is -2.61. The molecule has 0 aromatic heterocycles. The van der Waals surface area contributed by atoms with Crippen molar-refractivity contribution >= 4 is 20.3 Å². The van der Waals surface area contributed by atoms with E-state index < -0.39 is 37.9 Å². The second-order valence-electron chi connectivity index (χ2n) is 6.88. The van der Waals surface area contributed by atoms with Crippen molar-refractivity contribution < 1.29 is 29.3 Å². The molecule has 118 valence electrons. The van der Waals surface area contributed by atoms with Gasteiger partial charge in [-0.25, -0.2) is 9.59 Å². The van der Waals surface area contributed by atoms with E-state index in [1.54, 1.807) is 0 Å². The van der Waals surface area contributed by atoms with Crippen LogP contribution in [-0.2, 0) is 14.0 Å². The summed E-state index contributed by atoms with van der Waals surface area (Å²) in [7, 11) is -2.54. The Kier molecular flexibility index (Phi) is 5.56. The molecule has 0 aromatic rings. The van der Waals surface area contributed by atoms with Crippen LogP contribution in [0, 0.1) is 5.92 Å². The summed E-state index contributed by atoms with van der Waals surface area (Å²) >= 11 is 0. The normalized spacial score (nSPS) is 17.6. The minimum absolute atomic E-state index is 0.295. The molecule has 0 heterocycles. The molecule has 0 saturated carbocycles. The molecule has 0 aromatic carbocycles. The summed E-state index contributed by atoms with van der Waals surface area (Å²) in [6.07, 6.45) is -1.79. The van der Waals surface area contributed by atoms with E-state index in [1.807, 2.05) is 33.9 Å². The summed E-state index contributed by atoms with van der Waals surface area (Å²) < 4.78 is 5.66. The second-order valence-corrected chi connectivity index (χ2v) is 11.6. The van der Waals surface area contributed by atoms with E-state index >= 15 is 0 Å². The van der Waals surface area contributed by atoms with Crippen LogP contribution in [0.15, 0.2) is 0 Å². The van der Waals surface area contributed by atoms with Gasteiger partial charge in [-0.15, -0.1) is 0 Å². The zero-order valence-corrected chi connectivity index (χ0v) is 14.2. The van der Waals surface area contributed by atoms with E-state index in [2.05, 4.69) is 0 Å². The minimum atomic E-state index is -2.54. The molecule has 2 atom stereocenters. The van der Waals surface area contributed by atoms with Crippen molar-refractivity contribution in [3.8, 4) is 0 Å². The van der Waals surface area contributed by atoms with Crippen molar-refractivity contribution in [3.05, 3.63) is 0 Å². The van der Waals surface area contributed by atoms with Crippen LogP contribution in [0.3, 0.4) is 0 Å². The van der Waals surface area contributed by atoms with Gasteiger partial charge < -0.3 is 19.7 Å². The number of hydrogen-bond acceptors (Lipinski definition) is 4. The van der Waals surface area contributed by atoms with Crippen LogP contribution in [0.5, 0.6) is 0 Å². The lowest BCUT2D eigenvalue weighted by Gasteiger charge is -2.42. The smallest absolute Gasteiger partial charge is 0.339 e. The fourth-order valence-corrected chi connectivity index (χ4v) is 2.69. The molecule has 0 aliphatic heterocycles. The monoisotopic (exact) mass is 306 g/mol. The average molecular weight is 306 g/mol. The molecule has 0 amide bonds. The van der Waals surface area contributed by atoms with Gasteiger partial charge in [0.15, 0.2) is 20.0 Å². The van der Waals surface area contributed by atoms with Gasteiger partial charge in [-0.2, -0.15) is 0 Å². The molecule has 0 saturated heterocycles. The average Bonchev–Trinajstić information content (AvgIpc) is 2.22. The van der Waals surface area contributed by atoms with Gasteiger partial charge in [0.2, 0.25) is 0 Å². The summed E-state index contributed by atoms with van der Waals surface area (Å²) in [6.45, 7) is 12.3. The SMILES string of the molecule is CC(C)C(O)(C(=O)O)C(O[Si](C)(C)C(C)(C)C)C(=O)O. The molecule has 7 heteroatoms. The Hall–Kier alpha value is -0.923. The van der Waals surface area contributed by atoms with Gasteiger partial charge in [0.05, 0.1) is 0 Å². The number of carbonyl (C=O) groups is 2. The lowest BCUT2D eigenvalue weighted by atomic mass is 9.85. The van der Waals surface area contributed by atoms with Gasteiger partial charge in [0.25, 0.3) is 0 Å². The van der Waals surface area contributed by atoms with E-state index in [-0.39, 0.29) is 5.04 Å². The Bertz CT molecular complexity index is 385. The van der Waals surface area contributed by atoms with E-state index in [1.165, 1.54) is 13.8 Å². The van der Waals surface area contributed by atoms with Gasteiger partial charge in [-0.1, -0.05) is 34.6 Å². The zero-order chi connectivity index (χ0) is 16.5. The van der Waals surface area contributed by atoms with Gasteiger partial charge >= 0.3 is 11.9 Å². The molecule has 0 fully saturated rings. The molecule has 0 spiro atoms. The number of aliphatic carboxylic acids is 2. The fraction of sp³-hybridized carbons (Fsp3) is 0.846. The molecule has 0 aliphatic rings. The van der Waals surface area contributed by atoms with Crippen LogP contribution >= 0.6 is 0 Å². The molecule has 3 N–H and O–H groups in total. The highest BCUT2D eigenvalue weighted by atomic mass is 28.4. The van der Waals surface area contributed by atoms with E-state index in [0.717, 1.165) is 0 Å². The molecule has 0 rings (SSSR count). The maximum absolute atomic E-state index is 11.4. The van der Waals surface area contributed by atoms with Crippen LogP contribution < -0.4 is 0 Å². The minimum Gasteiger partial charge on any atom is -0.479 e. The highest BCUT2D eigenvalue weighted by Crippen LogP contribution is 2.39. The number of carboxylic acid groups (broad SMARTS) is 2. The Morgan fingerprint density at radius 2 is 1.50 bits per heavy atom. The number of aliphatic hydroxyl groups is 1. The van der Waals surface area contributed by atoms with Crippen molar-refractivity contribution in [1.82, 2.24) is 0 Å². The van der Waals surface area contributed by atoms with E-state index in [9.17, 15) is 24.9 Å². The number of carboxylic acids is 2. The maximum Gasteiger partial charge on any atom is 0.339 e. The molecule has 0 bridgehead atoms. The summed E-state index contributed by atoms with van der Waals surface area (Å²) in [5.41, 5.74) is -2.46. The zero-order valence-electron chi connectivity index (χ0n) is 13.2. The third-order valence-corrected chi connectivity index (χ3v) is 8.50. The number of rotatable bonds is 6. The van der Waals surface area contributed by atoms with Crippen LogP contribution in [0.25, 0.3) is 0 Å². The van der Waals surface area contributed by atoms with E-state index in [0.29, 0.717) is 0 Å². The third-order valence-electron chi connectivity index (χ3n) is 4.07. The first-order valence-electron chi connectivity index (χ1n) is 6.54. The second kappa shape index (κ2) is 5.83. The van der Waals surface area contributed by atoms with Crippen molar-refractivity contribution in [2.24, 2.45) is 5.92 Å². The highest BCUT2D eigenvalue weighted by molar-refractivity contribution is 6.74. The van der Waals surface area contributed by atoms with Gasteiger partial charge in [0, 0.05) is 0 Å². The van der Waals surface area contributed by atoms with Crippen molar-refractivity contribution in [2.45, 2.75) is 64.5 Å². The molecular weight excluding hydrogens is 280 g/mol. The Morgan fingerprint density at radius 3 is 1.70 bits per heavy atom. The first-order valence-corrected chi connectivity index (χ1v) is 9.45. The van der Waals surface area contributed by atoms with Gasteiger partial charge in [-0.05, 0) is 24.1 Å². The van der Waals surface area contributed by atoms with Crippen LogP contribution in [0.1, 0.15) is 34.6 Å². The molecule has 0 radical (unpaired) electrons. The molecule has 20 heavy (non-hydrogen) atoms. The Morgan fingerprint density at radius 1 is 1.10 bits per heavy atom. The summed E-state index contributed by atoms with van der Waals surface area (Å²) in [5, 5.41) is 28.6. The lowest BCUT2D eigenvalue weighted by molar-refractivity contribution is -0.188. The standard InChI is InChI=1S/C13H26O6Si/c1-8(2)13(18,11(16)17)9(10(14)15)19-20(6,7)12(3,4)5/h8-9,18H,1-7H3,(H,14,15)(H,16,17). The third kappa shape index (κ3) is 3.59. The highest BCUT2D eigenvalue weighted by Gasteiger charge is 2.55. The summed E-state index contributed by atoms with van der Waals surface area (Å²) in [4.78, 5) is 22.8. The summed E-state index contributed by atoms with van der Waals surface area (Å²) in [5.74, 6) is -3.85. The van der Waals surface area contributed by atoms with Gasteiger partial charge in [0.1, 0.15) is 0 Å². The fourth-order valence-electron chi connectivity index (χ4n) is 1.46. The molecule has 2 unspecified atom stereocenters. The topological polar surface area (TPSA) is 104 Å². The predicted molar refractivity (Wildman–Crippen MR) is 77.1 cm³/mol. The molecule has 6 nitrogen and oxygen atoms in total. The molecule has 0 aliphatic carbocycles. The van der Waals surface area contributed by atoms with E-state index in [4.69, 9.17) is 4.43 Å². The number of hydrogen-bond donors (Lipinski definition) is 3. The quantitative estimate of drug-likeness (QED) is 0.648. The van der Waals surface area contributed by atoms with Crippen LogP contribution in [0.4, 0.5) is 0 Å². The predicted octanol–water partition coefficient (Wildman–Crippen LogP) is 1.93. The van der Waals surface area contributed by atoms with Crippen LogP contribution in [0.2, 0.25) is 18.1 Å². The van der Waals surface area contributed by atoms with Crippen molar-refractivity contribution in [3.63, 3.8) is 0 Å². The first-order chi connectivity index (χ1) is 8.68. The van der Waals surface area contributed by atoms with Crippen molar-refractivity contribution in [2.75, 3.05) is 0 Å². The first kappa shape index (κ1) is 19.1. The van der Waals surface area contributed by atoms with Crippen LogP contribution in [-0.4, -0.2) is 47.3 Å². The maximum atomic E-state index is 11.4.